The number of fused-ring (bicyclic) bond motifs is 1. The first-order chi connectivity index (χ1) is 20.8. The molecule has 0 radical (unpaired) electrons. The first kappa shape index (κ1) is 28.0. The van der Waals surface area contributed by atoms with Gasteiger partial charge in [-0.2, -0.15) is 5.10 Å². The van der Waals surface area contributed by atoms with Gasteiger partial charge in [-0.3, -0.25) is 19.5 Å². The number of thiazole rings is 1. The fourth-order valence-electron chi connectivity index (χ4n) is 4.96. The largest absolute Gasteiger partial charge is 0.490 e. The minimum atomic E-state index is -0.693. The molecule has 216 valence electrons. The Hall–Kier alpha value is -5.14. The summed E-state index contributed by atoms with van der Waals surface area (Å²) in [5, 5.41) is 18.4. The van der Waals surface area contributed by atoms with Crippen LogP contribution in [0.2, 0.25) is 0 Å². The second-order valence-corrected chi connectivity index (χ2v) is 11.4. The smallest absolute Gasteiger partial charge is 0.338 e. The molecule has 0 saturated carbocycles. The molecule has 43 heavy (non-hydrogen) atoms. The molecule has 13 heteroatoms. The summed E-state index contributed by atoms with van der Waals surface area (Å²) in [6.45, 7) is 1.72. The highest BCUT2D eigenvalue weighted by Gasteiger charge is 2.33. The number of rotatable bonds is 7. The molecule has 0 amide bonds. The Balaban J connectivity index is 1.58. The van der Waals surface area contributed by atoms with Gasteiger partial charge in [0.1, 0.15) is 11.7 Å². The predicted molar refractivity (Wildman–Crippen MR) is 162 cm³/mol. The van der Waals surface area contributed by atoms with Gasteiger partial charge in [-0.1, -0.05) is 35.6 Å². The van der Waals surface area contributed by atoms with E-state index in [9.17, 15) is 19.7 Å². The number of carbonyl (C=O) groups is 1. The third kappa shape index (κ3) is 4.98. The highest BCUT2D eigenvalue weighted by atomic mass is 32.1. The molecule has 0 aliphatic carbocycles. The monoisotopic (exact) mass is 613 g/mol. The third-order valence-corrected chi connectivity index (χ3v) is 8.85. The highest BCUT2D eigenvalue weighted by molar-refractivity contribution is 7.10. The number of hydrogen-bond donors (Lipinski definition) is 0. The van der Waals surface area contributed by atoms with Crippen molar-refractivity contribution in [2.24, 2.45) is 4.99 Å². The van der Waals surface area contributed by atoms with Crippen molar-refractivity contribution in [2.45, 2.75) is 13.0 Å². The number of para-hydroxylation sites is 1. The van der Waals surface area contributed by atoms with Crippen molar-refractivity contribution < 1.29 is 19.2 Å². The van der Waals surface area contributed by atoms with E-state index in [4.69, 9.17) is 14.6 Å². The van der Waals surface area contributed by atoms with E-state index in [2.05, 4.69) is 4.99 Å². The average molecular weight is 614 g/mol. The van der Waals surface area contributed by atoms with Crippen LogP contribution < -0.4 is 19.6 Å². The minimum absolute atomic E-state index is 0.122. The van der Waals surface area contributed by atoms with Crippen LogP contribution >= 0.6 is 22.7 Å². The molecule has 1 aliphatic heterocycles. The number of methoxy groups -OCH3 is 2. The lowest BCUT2D eigenvalue weighted by Gasteiger charge is -2.22. The predicted octanol–water partition coefficient (Wildman–Crippen LogP) is 4.24. The Morgan fingerprint density at radius 1 is 1.12 bits per heavy atom. The molecule has 0 saturated heterocycles. The van der Waals surface area contributed by atoms with Crippen LogP contribution in [0.25, 0.3) is 23.0 Å². The van der Waals surface area contributed by atoms with Crippen LogP contribution in [0, 0.1) is 10.1 Å². The van der Waals surface area contributed by atoms with Gasteiger partial charge in [-0.15, -0.1) is 11.3 Å². The van der Waals surface area contributed by atoms with E-state index in [1.807, 2.05) is 47.8 Å². The quantitative estimate of drug-likeness (QED) is 0.152. The molecular weight excluding hydrogens is 590 g/mol. The number of nitro benzene ring substituents is 1. The van der Waals surface area contributed by atoms with Gasteiger partial charge in [0.05, 0.1) is 40.6 Å². The van der Waals surface area contributed by atoms with Gasteiger partial charge in [-0.05, 0) is 48.7 Å². The van der Waals surface area contributed by atoms with Crippen molar-refractivity contribution in [3.63, 3.8) is 0 Å². The number of nitro groups is 1. The molecule has 0 spiro atoms. The lowest BCUT2D eigenvalue weighted by atomic mass is 10.0. The summed E-state index contributed by atoms with van der Waals surface area (Å²) in [6.07, 6.45) is 3.46. The summed E-state index contributed by atoms with van der Waals surface area (Å²) in [5.41, 5.74) is 2.46. The lowest BCUT2D eigenvalue weighted by molar-refractivity contribution is -0.385. The number of nitrogens with zero attached hydrogens (tertiary/aromatic N) is 5. The summed E-state index contributed by atoms with van der Waals surface area (Å²) in [6, 6.07) is 17.0. The molecule has 1 unspecified atom stereocenters. The Labute approximate surface area is 252 Å². The third-order valence-electron chi connectivity index (χ3n) is 6.94. The maximum atomic E-state index is 14.0. The molecule has 4 heterocycles. The van der Waals surface area contributed by atoms with Gasteiger partial charge >= 0.3 is 11.7 Å². The fraction of sp³-hybridized carbons (Fsp3) is 0.133. The van der Waals surface area contributed by atoms with Crippen molar-refractivity contribution in [2.75, 3.05) is 14.2 Å². The standard InChI is InChI=1S/C30H23N5O6S2/c1-17-25(29(37)41-3)27(23-10-7-13-42-23)34-28(36)24(43-30(34)31-17)15-19-16-33(20-8-5-4-6-9-20)32-26(19)18-11-12-22(40-2)21(14-18)35(38)39/h4-16,27H,1-3H3. The average Bonchev–Trinajstić information content (AvgIpc) is 3.76. The van der Waals surface area contributed by atoms with Gasteiger partial charge in [-0.25, -0.2) is 14.5 Å². The van der Waals surface area contributed by atoms with Crippen molar-refractivity contribution >= 4 is 40.4 Å². The van der Waals surface area contributed by atoms with Crippen LogP contribution in [-0.4, -0.2) is 39.5 Å². The van der Waals surface area contributed by atoms with E-state index >= 15 is 0 Å². The van der Waals surface area contributed by atoms with Crippen molar-refractivity contribution in [1.29, 1.82) is 0 Å². The second-order valence-electron chi connectivity index (χ2n) is 9.45. The molecule has 11 nitrogen and oxygen atoms in total. The van der Waals surface area contributed by atoms with E-state index in [-0.39, 0.29) is 17.0 Å². The van der Waals surface area contributed by atoms with E-state index in [0.717, 1.165) is 10.6 Å². The lowest BCUT2D eigenvalue weighted by Crippen LogP contribution is -2.39. The molecule has 1 aliphatic rings. The van der Waals surface area contributed by atoms with Gasteiger partial charge in [0, 0.05) is 28.3 Å². The Kier molecular flexibility index (Phi) is 7.34. The summed E-state index contributed by atoms with van der Waals surface area (Å²) in [5.74, 6) is -0.432. The Bertz CT molecular complexity index is 2090. The van der Waals surface area contributed by atoms with Crippen molar-refractivity contribution in [3.05, 3.63) is 124 Å². The van der Waals surface area contributed by atoms with Gasteiger partial charge in [0.25, 0.3) is 5.56 Å². The van der Waals surface area contributed by atoms with Gasteiger partial charge in [0.15, 0.2) is 10.6 Å². The first-order valence-electron chi connectivity index (χ1n) is 12.9. The van der Waals surface area contributed by atoms with Crippen LogP contribution in [0.5, 0.6) is 5.75 Å². The number of allylic oxidation sites excluding steroid dienone is 1. The zero-order valence-electron chi connectivity index (χ0n) is 23.1. The van der Waals surface area contributed by atoms with E-state index < -0.39 is 16.9 Å². The fourth-order valence-corrected chi connectivity index (χ4v) is 6.82. The highest BCUT2D eigenvalue weighted by Crippen LogP contribution is 2.35. The van der Waals surface area contributed by atoms with E-state index in [0.29, 0.717) is 37.4 Å². The zero-order chi connectivity index (χ0) is 30.2. The molecule has 3 aromatic heterocycles. The summed E-state index contributed by atoms with van der Waals surface area (Å²) in [7, 11) is 2.67. The van der Waals surface area contributed by atoms with Crippen LogP contribution in [-0.2, 0) is 9.53 Å². The summed E-state index contributed by atoms with van der Waals surface area (Å²) in [4.78, 5) is 44.0. The number of carbonyl (C=O) groups excluding carboxylic acids is 1. The number of benzene rings is 2. The number of hydrogen-bond acceptors (Lipinski definition) is 10. The number of ether oxygens (including phenoxy) is 2. The molecule has 1 atom stereocenters. The van der Waals surface area contributed by atoms with Crippen LogP contribution in [0.4, 0.5) is 5.69 Å². The molecule has 0 fully saturated rings. The number of aromatic nitrogens is 3. The molecule has 6 rings (SSSR count). The molecular formula is C30H23N5O6S2. The molecule has 0 bridgehead atoms. The maximum Gasteiger partial charge on any atom is 0.338 e. The second kappa shape index (κ2) is 11.3. The maximum absolute atomic E-state index is 14.0. The minimum Gasteiger partial charge on any atom is -0.490 e. The zero-order valence-corrected chi connectivity index (χ0v) is 24.7. The normalized spacial score (nSPS) is 14.8. The van der Waals surface area contributed by atoms with E-state index in [1.54, 1.807) is 29.9 Å². The van der Waals surface area contributed by atoms with Gasteiger partial charge < -0.3 is 9.47 Å². The molecule has 2 aromatic carbocycles. The van der Waals surface area contributed by atoms with Crippen LogP contribution in [0.3, 0.4) is 0 Å². The van der Waals surface area contributed by atoms with Crippen molar-refractivity contribution in [1.82, 2.24) is 14.3 Å². The van der Waals surface area contributed by atoms with E-state index in [1.165, 1.54) is 53.6 Å². The summed E-state index contributed by atoms with van der Waals surface area (Å²) >= 11 is 2.62. The number of esters is 1. The summed E-state index contributed by atoms with van der Waals surface area (Å²) < 4.78 is 13.8. The Morgan fingerprint density at radius 3 is 2.58 bits per heavy atom. The molecule has 5 aromatic rings. The topological polar surface area (TPSA) is 131 Å². The van der Waals surface area contributed by atoms with Crippen molar-refractivity contribution in [3.8, 4) is 22.7 Å². The van der Waals surface area contributed by atoms with Crippen LogP contribution in [0.15, 0.2) is 93.3 Å². The number of thiophene rings is 1. The Morgan fingerprint density at radius 2 is 1.91 bits per heavy atom. The first-order valence-corrected chi connectivity index (χ1v) is 14.6. The SMILES string of the molecule is COC(=O)C1=C(C)N=c2sc(=Cc3cn(-c4ccccc4)nc3-c3ccc(OC)c([N+](=O)[O-])c3)c(=O)n2C1c1cccs1. The van der Waals surface area contributed by atoms with Crippen LogP contribution in [0.1, 0.15) is 23.4 Å². The van der Waals surface area contributed by atoms with Gasteiger partial charge in [0.2, 0.25) is 0 Å². The molecule has 0 N–H and O–H groups in total.